The molecule has 1 heterocycles. The second-order valence-electron chi connectivity index (χ2n) is 4.89. The Labute approximate surface area is 115 Å². The summed E-state index contributed by atoms with van der Waals surface area (Å²) in [6.07, 6.45) is 2.87. The third kappa shape index (κ3) is 3.81. The number of nitrogens with two attached hydrogens (primary N) is 1. The van der Waals surface area contributed by atoms with Crippen LogP contribution in [-0.2, 0) is 16.6 Å². The van der Waals surface area contributed by atoms with Gasteiger partial charge in [-0.05, 0) is 27.2 Å². The Kier molecular flexibility index (Phi) is 5.58. The van der Waals surface area contributed by atoms with Gasteiger partial charge in [0.2, 0.25) is 10.0 Å². The molecule has 110 valence electrons. The monoisotopic (exact) mass is 288 g/mol. The van der Waals surface area contributed by atoms with Gasteiger partial charge in [-0.15, -0.1) is 0 Å². The van der Waals surface area contributed by atoms with Gasteiger partial charge in [0.15, 0.2) is 0 Å². The van der Waals surface area contributed by atoms with Gasteiger partial charge < -0.3 is 10.2 Å². The Morgan fingerprint density at radius 2 is 1.95 bits per heavy atom. The first-order chi connectivity index (χ1) is 8.83. The van der Waals surface area contributed by atoms with Crippen LogP contribution in [0.15, 0.2) is 9.31 Å². The zero-order chi connectivity index (χ0) is 14.6. The standard InChI is InChI=1S/C13H24N2O3S/c1-5-6-7-9(2)15-19(16,17)13-11(4)18-10(3)12(13)8-14/h9,15H,5-8,14H2,1-4H3. The molecule has 6 heteroatoms. The molecule has 19 heavy (non-hydrogen) atoms. The molecule has 0 bridgehead atoms. The maximum absolute atomic E-state index is 12.4. The minimum atomic E-state index is -3.57. The number of hydrogen-bond acceptors (Lipinski definition) is 4. The van der Waals surface area contributed by atoms with Crippen LogP contribution < -0.4 is 10.5 Å². The van der Waals surface area contributed by atoms with E-state index in [-0.39, 0.29) is 17.5 Å². The highest BCUT2D eigenvalue weighted by Gasteiger charge is 2.27. The smallest absolute Gasteiger partial charge is 0.244 e. The Bertz CT molecular complexity index is 520. The van der Waals surface area contributed by atoms with Gasteiger partial charge in [0.05, 0.1) is 0 Å². The average molecular weight is 288 g/mol. The fraction of sp³-hybridized carbons (Fsp3) is 0.692. The zero-order valence-corrected chi connectivity index (χ0v) is 12.9. The minimum Gasteiger partial charge on any atom is -0.465 e. The van der Waals surface area contributed by atoms with E-state index in [1.54, 1.807) is 13.8 Å². The highest BCUT2D eigenvalue weighted by molar-refractivity contribution is 7.89. The molecule has 1 aromatic heterocycles. The van der Waals surface area contributed by atoms with Crippen molar-refractivity contribution in [3.05, 3.63) is 17.1 Å². The number of sulfonamides is 1. The second kappa shape index (κ2) is 6.54. The molecule has 0 saturated heterocycles. The quantitative estimate of drug-likeness (QED) is 0.805. The first kappa shape index (κ1) is 16.2. The predicted octanol–water partition coefficient (Wildman–Crippen LogP) is 2.21. The second-order valence-corrected chi connectivity index (χ2v) is 6.54. The lowest BCUT2D eigenvalue weighted by molar-refractivity contribution is 0.492. The Morgan fingerprint density at radius 3 is 2.47 bits per heavy atom. The van der Waals surface area contributed by atoms with Crippen molar-refractivity contribution in [2.24, 2.45) is 5.73 Å². The van der Waals surface area contributed by atoms with Crippen LogP contribution in [0.25, 0.3) is 0 Å². The molecule has 0 fully saturated rings. The van der Waals surface area contributed by atoms with Crippen molar-refractivity contribution in [3.8, 4) is 0 Å². The molecule has 0 spiro atoms. The lowest BCUT2D eigenvalue weighted by Crippen LogP contribution is -2.33. The molecule has 0 saturated carbocycles. The normalized spacial score (nSPS) is 13.7. The molecular weight excluding hydrogens is 264 g/mol. The summed E-state index contributed by atoms with van der Waals surface area (Å²) in [5, 5.41) is 0. The van der Waals surface area contributed by atoms with Crippen LogP contribution in [0.4, 0.5) is 0 Å². The topological polar surface area (TPSA) is 85.3 Å². The molecule has 0 aliphatic rings. The predicted molar refractivity (Wildman–Crippen MR) is 75.4 cm³/mol. The van der Waals surface area contributed by atoms with Crippen molar-refractivity contribution < 1.29 is 12.8 Å². The third-order valence-corrected chi connectivity index (χ3v) is 4.93. The van der Waals surface area contributed by atoms with Crippen molar-refractivity contribution >= 4 is 10.0 Å². The molecule has 0 aliphatic carbocycles. The zero-order valence-electron chi connectivity index (χ0n) is 12.1. The van der Waals surface area contributed by atoms with E-state index in [2.05, 4.69) is 11.6 Å². The van der Waals surface area contributed by atoms with Gasteiger partial charge in [-0.3, -0.25) is 0 Å². The largest absolute Gasteiger partial charge is 0.465 e. The molecule has 1 atom stereocenters. The lowest BCUT2D eigenvalue weighted by Gasteiger charge is -2.14. The van der Waals surface area contributed by atoms with Crippen LogP contribution >= 0.6 is 0 Å². The molecule has 1 aromatic rings. The Hall–Kier alpha value is -0.850. The molecule has 5 nitrogen and oxygen atoms in total. The summed E-state index contributed by atoms with van der Waals surface area (Å²) >= 11 is 0. The SMILES string of the molecule is CCCCC(C)NS(=O)(=O)c1c(C)oc(C)c1CN. The van der Waals surface area contributed by atoms with Crippen molar-refractivity contribution in [3.63, 3.8) is 0 Å². The molecule has 3 N–H and O–H groups in total. The molecule has 0 aromatic carbocycles. The van der Waals surface area contributed by atoms with Gasteiger partial charge >= 0.3 is 0 Å². The van der Waals surface area contributed by atoms with E-state index in [0.717, 1.165) is 19.3 Å². The first-order valence-electron chi connectivity index (χ1n) is 6.64. The lowest BCUT2D eigenvalue weighted by atomic mass is 10.2. The molecule has 1 unspecified atom stereocenters. The van der Waals surface area contributed by atoms with Gasteiger partial charge in [0.25, 0.3) is 0 Å². The van der Waals surface area contributed by atoms with Crippen LogP contribution in [0.1, 0.15) is 50.2 Å². The minimum absolute atomic E-state index is 0.0924. The number of rotatable bonds is 7. The van der Waals surface area contributed by atoms with Gasteiger partial charge in [-0.2, -0.15) is 0 Å². The summed E-state index contributed by atoms with van der Waals surface area (Å²) in [6, 6.07) is -0.0924. The van der Waals surface area contributed by atoms with Crippen LogP contribution in [0.3, 0.4) is 0 Å². The molecule has 0 aliphatic heterocycles. The number of nitrogens with one attached hydrogen (secondary N) is 1. The van der Waals surface area contributed by atoms with Crippen LogP contribution in [0.5, 0.6) is 0 Å². The molecule has 0 amide bonds. The summed E-state index contributed by atoms with van der Waals surface area (Å²) < 4.78 is 32.9. The van der Waals surface area contributed by atoms with E-state index < -0.39 is 10.0 Å². The highest BCUT2D eigenvalue weighted by atomic mass is 32.2. The van der Waals surface area contributed by atoms with Crippen LogP contribution in [-0.4, -0.2) is 14.5 Å². The van der Waals surface area contributed by atoms with E-state index >= 15 is 0 Å². The van der Waals surface area contributed by atoms with E-state index in [1.807, 2.05) is 6.92 Å². The fourth-order valence-corrected chi connectivity index (χ4v) is 3.93. The summed E-state index contributed by atoms with van der Waals surface area (Å²) in [5.74, 6) is 0.967. The Balaban J connectivity index is 3.01. The maximum Gasteiger partial charge on any atom is 0.244 e. The maximum atomic E-state index is 12.4. The van der Waals surface area contributed by atoms with Crippen molar-refractivity contribution in [2.75, 3.05) is 0 Å². The number of hydrogen-bond donors (Lipinski definition) is 2. The molecular formula is C13H24N2O3S. The highest BCUT2D eigenvalue weighted by Crippen LogP contribution is 2.26. The number of furan rings is 1. The molecule has 1 rings (SSSR count). The van der Waals surface area contributed by atoms with Crippen molar-refractivity contribution in [2.45, 2.75) is 64.4 Å². The average Bonchev–Trinajstić information content (AvgIpc) is 2.60. The van der Waals surface area contributed by atoms with Gasteiger partial charge in [0, 0.05) is 18.2 Å². The van der Waals surface area contributed by atoms with Crippen LogP contribution in [0.2, 0.25) is 0 Å². The first-order valence-corrected chi connectivity index (χ1v) is 8.13. The van der Waals surface area contributed by atoms with Crippen molar-refractivity contribution in [1.29, 1.82) is 0 Å². The van der Waals surface area contributed by atoms with Crippen molar-refractivity contribution in [1.82, 2.24) is 4.72 Å². The Morgan fingerprint density at radius 1 is 1.32 bits per heavy atom. The summed E-state index contributed by atoms with van der Waals surface area (Å²) in [5.41, 5.74) is 6.18. The third-order valence-electron chi connectivity index (χ3n) is 3.14. The van der Waals surface area contributed by atoms with E-state index in [9.17, 15) is 8.42 Å². The fourth-order valence-electron chi connectivity index (χ4n) is 2.19. The van der Waals surface area contributed by atoms with Crippen LogP contribution in [0, 0.1) is 13.8 Å². The summed E-state index contributed by atoms with van der Waals surface area (Å²) in [7, 11) is -3.57. The molecule has 0 radical (unpaired) electrons. The van der Waals surface area contributed by atoms with Gasteiger partial charge in [-0.1, -0.05) is 19.8 Å². The number of unbranched alkanes of at least 4 members (excludes halogenated alkanes) is 1. The van der Waals surface area contributed by atoms with E-state index in [0.29, 0.717) is 17.1 Å². The summed E-state index contributed by atoms with van der Waals surface area (Å²) in [6.45, 7) is 7.49. The van der Waals surface area contributed by atoms with E-state index in [4.69, 9.17) is 10.2 Å². The van der Waals surface area contributed by atoms with E-state index in [1.165, 1.54) is 0 Å². The van der Waals surface area contributed by atoms with Gasteiger partial charge in [-0.25, -0.2) is 13.1 Å². The summed E-state index contributed by atoms with van der Waals surface area (Å²) in [4.78, 5) is 0.204. The number of aryl methyl sites for hydroxylation is 2. The van der Waals surface area contributed by atoms with Gasteiger partial charge in [0.1, 0.15) is 16.4 Å².